The highest BCUT2D eigenvalue weighted by molar-refractivity contribution is 6.36. The third-order valence-electron chi connectivity index (χ3n) is 10.9. The van der Waals surface area contributed by atoms with Gasteiger partial charge in [0.05, 0.1) is 35.8 Å². The number of nitriles is 1. The van der Waals surface area contributed by atoms with Gasteiger partial charge < -0.3 is 24.2 Å². The number of ether oxygens (including phenoxy) is 2. The second kappa shape index (κ2) is 13.6. The second-order valence-corrected chi connectivity index (χ2v) is 14.5. The van der Waals surface area contributed by atoms with Crippen LogP contribution in [0.3, 0.4) is 0 Å². The third kappa shape index (κ3) is 6.29. The number of benzene rings is 3. The molecule has 4 aromatic rings. The van der Waals surface area contributed by atoms with Crippen LogP contribution in [-0.2, 0) is 24.3 Å². The molecule has 0 bridgehead atoms. The van der Waals surface area contributed by atoms with Crippen molar-refractivity contribution in [3.05, 3.63) is 88.6 Å². The summed E-state index contributed by atoms with van der Waals surface area (Å²) in [4.78, 5) is 32.3. The first kappa shape index (κ1) is 32.6. The summed E-state index contributed by atoms with van der Waals surface area (Å²) in [5, 5.41) is 12.7. The van der Waals surface area contributed by atoms with Crippen molar-refractivity contribution < 1.29 is 14.3 Å². The number of carbonyl (C=O) groups excluding carboxylic acids is 1. The van der Waals surface area contributed by atoms with E-state index in [0.29, 0.717) is 38.2 Å². The molecule has 1 aliphatic carbocycles. The summed E-state index contributed by atoms with van der Waals surface area (Å²) in [6.45, 7) is 4.09. The number of hydrogen-bond donors (Lipinski definition) is 0. The lowest BCUT2D eigenvalue weighted by atomic mass is 10.0. The standard InChI is InChI=1S/C39H42ClN7O3/c1-44-20-7-14-34(44)39(17-18-39)50-37-42-32-25-45(33-13-6-11-28-10-5-12-31(40)35(28)33)21-16-30(32)36(43-37)46-22-23-47(29(24-46)15-19-41)38(48)49-26-27-8-3-2-4-9-27/h2-6,8-13,29,34H,7,14-18,20-26H2,1H3/t29-,34-/m0/s1. The molecule has 4 aliphatic rings. The summed E-state index contributed by atoms with van der Waals surface area (Å²) in [6, 6.07) is 24.7. The minimum absolute atomic E-state index is 0.190. The van der Waals surface area contributed by atoms with Crippen molar-refractivity contribution in [2.75, 3.05) is 49.6 Å². The lowest BCUT2D eigenvalue weighted by Gasteiger charge is -2.42. The molecule has 3 fully saturated rings. The Hall–Kier alpha value is -4.59. The van der Waals surface area contributed by atoms with Gasteiger partial charge in [-0.25, -0.2) is 4.79 Å². The number of amides is 1. The molecule has 1 saturated carbocycles. The zero-order valence-electron chi connectivity index (χ0n) is 28.4. The fraction of sp³-hybridized carbons (Fsp3) is 0.436. The predicted octanol–water partition coefficient (Wildman–Crippen LogP) is 6.59. The van der Waals surface area contributed by atoms with Crippen LogP contribution in [0.2, 0.25) is 5.02 Å². The first-order valence-corrected chi connectivity index (χ1v) is 18.1. The highest BCUT2D eigenvalue weighted by Crippen LogP contribution is 2.48. The molecule has 258 valence electrons. The molecule has 50 heavy (non-hydrogen) atoms. The third-order valence-corrected chi connectivity index (χ3v) is 11.2. The number of halogens is 1. The van der Waals surface area contributed by atoms with Gasteiger partial charge in [0.2, 0.25) is 0 Å². The molecule has 0 N–H and O–H groups in total. The monoisotopic (exact) mass is 691 g/mol. The van der Waals surface area contributed by atoms with Gasteiger partial charge in [0.25, 0.3) is 0 Å². The van der Waals surface area contributed by atoms with Crippen LogP contribution in [0.15, 0.2) is 66.7 Å². The second-order valence-electron chi connectivity index (χ2n) is 14.0. The van der Waals surface area contributed by atoms with Crippen LogP contribution in [0.25, 0.3) is 10.8 Å². The number of hydrogen-bond acceptors (Lipinski definition) is 9. The molecule has 3 aliphatic heterocycles. The maximum atomic E-state index is 13.3. The fourth-order valence-electron chi connectivity index (χ4n) is 8.19. The number of fused-ring (bicyclic) bond motifs is 2. The molecule has 11 heteroatoms. The molecule has 0 unspecified atom stereocenters. The van der Waals surface area contributed by atoms with Crippen molar-refractivity contribution >= 4 is 40.0 Å². The molecule has 0 spiro atoms. The zero-order chi connectivity index (χ0) is 34.2. The van der Waals surface area contributed by atoms with Gasteiger partial charge >= 0.3 is 12.1 Å². The molecule has 8 rings (SSSR count). The van der Waals surface area contributed by atoms with E-state index in [1.165, 1.54) is 6.42 Å². The van der Waals surface area contributed by atoms with Gasteiger partial charge in [-0.05, 0) is 68.8 Å². The van der Waals surface area contributed by atoms with Gasteiger partial charge in [-0.2, -0.15) is 15.2 Å². The van der Waals surface area contributed by atoms with Crippen LogP contribution in [0, 0.1) is 11.3 Å². The Bertz CT molecular complexity index is 1930. The summed E-state index contributed by atoms with van der Waals surface area (Å²) < 4.78 is 12.5. The first-order chi connectivity index (χ1) is 24.4. The van der Waals surface area contributed by atoms with E-state index >= 15 is 0 Å². The average molecular weight is 692 g/mol. The van der Waals surface area contributed by atoms with E-state index in [4.69, 9.17) is 31.0 Å². The number of piperazine rings is 1. The van der Waals surface area contributed by atoms with E-state index in [1.807, 2.05) is 42.5 Å². The molecule has 10 nitrogen and oxygen atoms in total. The van der Waals surface area contributed by atoms with E-state index < -0.39 is 6.09 Å². The van der Waals surface area contributed by atoms with Gasteiger partial charge in [-0.15, -0.1) is 0 Å². The Morgan fingerprint density at radius 3 is 2.58 bits per heavy atom. The van der Waals surface area contributed by atoms with Crippen molar-refractivity contribution in [3.63, 3.8) is 0 Å². The molecule has 3 aromatic carbocycles. The molecular formula is C39H42ClN7O3. The minimum Gasteiger partial charge on any atom is -0.455 e. The maximum absolute atomic E-state index is 13.3. The van der Waals surface area contributed by atoms with Gasteiger partial charge in [0.1, 0.15) is 18.0 Å². The lowest BCUT2D eigenvalue weighted by molar-refractivity contribution is 0.0741. The Kier molecular flexibility index (Phi) is 8.88. The van der Waals surface area contributed by atoms with Crippen molar-refractivity contribution in [2.45, 2.75) is 69.4 Å². The highest BCUT2D eigenvalue weighted by Gasteiger charge is 2.55. The van der Waals surface area contributed by atoms with E-state index in [9.17, 15) is 10.1 Å². The normalized spacial score (nSPS) is 21.5. The fourth-order valence-corrected chi connectivity index (χ4v) is 8.47. The number of carbonyl (C=O) groups is 1. The topological polar surface area (TPSA) is 98.1 Å². The quantitative estimate of drug-likeness (QED) is 0.203. The number of aromatic nitrogens is 2. The first-order valence-electron chi connectivity index (χ1n) is 17.7. The van der Waals surface area contributed by atoms with E-state index in [-0.39, 0.29) is 24.7 Å². The largest absolute Gasteiger partial charge is 0.455 e. The minimum atomic E-state index is -0.400. The van der Waals surface area contributed by atoms with Crippen LogP contribution in [0.1, 0.15) is 48.9 Å². The molecule has 2 atom stereocenters. The number of likely N-dealkylation sites (tertiary alicyclic amines) is 1. The lowest BCUT2D eigenvalue weighted by Crippen LogP contribution is -2.56. The van der Waals surface area contributed by atoms with Crippen LogP contribution >= 0.6 is 11.6 Å². The number of rotatable bonds is 8. The number of likely N-dealkylation sites (N-methyl/N-ethyl adjacent to an activating group) is 1. The smallest absolute Gasteiger partial charge is 0.410 e. The summed E-state index contributed by atoms with van der Waals surface area (Å²) in [5.41, 5.74) is 3.78. The Morgan fingerprint density at radius 2 is 1.82 bits per heavy atom. The number of nitrogens with zero attached hydrogens (tertiary/aromatic N) is 7. The van der Waals surface area contributed by atoms with Gasteiger partial charge in [-0.1, -0.05) is 66.2 Å². The van der Waals surface area contributed by atoms with Gasteiger partial charge in [0, 0.05) is 48.9 Å². The van der Waals surface area contributed by atoms with E-state index in [0.717, 1.165) is 82.9 Å². The number of anilines is 2. The van der Waals surface area contributed by atoms with Crippen molar-refractivity contribution in [3.8, 4) is 12.1 Å². The van der Waals surface area contributed by atoms with Crippen LogP contribution in [0.5, 0.6) is 6.01 Å². The predicted molar refractivity (Wildman–Crippen MR) is 194 cm³/mol. The Morgan fingerprint density at radius 1 is 1.00 bits per heavy atom. The van der Waals surface area contributed by atoms with Gasteiger partial charge in [0.15, 0.2) is 0 Å². The molecule has 4 heterocycles. The van der Waals surface area contributed by atoms with Crippen molar-refractivity contribution in [1.29, 1.82) is 5.26 Å². The van der Waals surface area contributed by atoms with E-state index in [2.05, 4.69) is 52.1 Å². The summed E-state index contributed by atoms with van der Waals surface area (Å²) in [5.74, 6) is 0.844. The van der Waals surface area contributed by atoms with Crippen molar-refractivity contribution in [2.24, 2.45) is 0 Å². The average Bonchev–Trinajstić information content (AvgIpc) is 3.78. The molecule has 0 radical (unpaired) electrons. The van der Waals surface area contributed by atoms with Crippen molar-refractivity contribution in [1.82, 2.24) is 19.8 Å². The van der Waals surface area contributed by atoms with E-state index in [1.54, 1.807) is 4.90 Å². The molecule has 2 saturated heterocycles. The Balaban J connectivity index is 1.10. The summed E-state index contributed by atoms with van der Waals surface area (Å²) in [7, 11) is 2.19. The summed E-state index contributed by atoms with van der Waals surface area (Å²) >= 11 is 6.77. The maximum Gasteiger partial charge on any atom is 0.410 e. The SMILES string of the molecule is CN1CCC[C@H]1C1(Oc2nc3c(c(N4CCN(C(=O)OCc5ccccc5)[C@@H](CC#N)C4)n2)CCN(c2cccc4cccc(Cl)c24)C3)CC1. The zero-order valence-corrected chi connectivity index (χ0v) is 29.2. The van der Waals surface area contributed by atoms with Crippen LogP contribution in [0.4, 0.5) is 16.3 Å². The van der Waals surface area contributed by atoms with Crippen LogP contribution in [-0.4, -0.2) is 83.3 Å². The van der Waals surface area contributed by atoms with Crippen LogP contribution < -0.4 is 14.5 Å². The van der Waals surface area contributed by atoms with Gasteiger partial charge in [-0.3, -0.25) is 4.90 Å². The highest BCUT2D eigenvalue weighted by atomic mass is 35.5. The molecular weight excluding hydrogens is 650 g/mol. The Labute approximate surface area is 298 Å². The molecule has 1 aromatic heterocycles. The summed E-state index contributed by atoms with van der Waals surface area (Å²) in [6.07, 6.45) is 4.80. The molecule has 1 amide bonds.